The van der Waals surface area contributed by atoms with Crippen molar-refractivity contribution in [2.75, 3.05) is 14.1 Å². The van der Waals surface area contributed by atoms with Crippen LogP contribution in [0, 0.1) is 28.6 Å². The van der Waals surface area contributed by atoms with Crippen molar-refractivity contribution in [2.24, 2.45) is 28.6 Å². The average Bonchev–Trinajstić information content (AvgIpc) is 3.15. The summed E-state index contributed by atoms with van der Waals surface area (Å²) in [5, 5.41) is 33.9. The van der Waals surface area contributed by atoms with E-state index in [1.54, 1.807) is 0 Å². The van der Waals surface area contributed by atoms with Crippen LogP contribution in [-0.4, -0.2) is 46.2 Å². The monoisotopic (exact) mass is 461 g/mol. The van der Waals surface area contributed by atoms with E-state index in [0.717, 1.165) is 55.8 Å². The molecule has 4 N–H and O–H groups in total. The molecule has 7 rings (SSSR count). The Morgan fingerprint density at radius 2 is 1.94 bits per heavy atom. The first-order valence-corrected chi connectivity index (χ1v) is 13.2. The topological polar surface area (TPSA) is 81.2 Å². The largest absolute Gasteiger partial charge is 0.393 e. The number of nitrogens with zero attached hydrogens (tertiary/aromatic N) is 1. The van der Waals surface area contributed by atoms with Crippen molar-refractivity contribution in [2.45, 2.75) is 70.0 Å². The lowest BCUT2D eigenvalue weighted by Gasteiger charge is -2.49. The van der Waals surface area contributed by atoms with Crippen LogP contribution in [0.15, 0.2) is 42.1 Å². The fourth-order valence-corrected chi connectivity index (χ4v) is 8.54. The molecule has 0 bridgehead atoms. The molecule has 1 heterocycles. The van der Waals surface area contributed by atoms with E-state index in [1.807, 2.05) is 20.3 Å². The highest BCUT2D eigenvalue weighted by Crippen LogP contribution is 2.74. The van der Waals surface area contributed by atoms with E-state index >= 15 is 0 Å². The highest BCUT2D eigenvalue weighted by atomic mass is 16.3. The first kappa shape index (κ1) is 22.5. The van der Waals surface area contributed by atoms with Crippen LogP contribution in [0.4, 0.5) is 0 Å². The molecule has 182 valence electrons. The predicted molar refractivity (Wildman–Crippen MR) is 136 cm³/mol. The Balaban J connectivity index is 0.000000691. The molecule has 1 spiro atoms. The van der Waals surface area contributed by atoms with Gasteiger partial charge in [0.25, 0.3) is 0 Å². The van der Waals surface area contributed by atoms with Gasteiger partial charge in [-0.15, -0.1) is 0 Å². The highest BCUT2D eigenvalue weighted by molar-refractivity contribution is 5.84. The summed E-state index contributed by atoms with van der Waals surface area (Å²) in [5.74, 6) is 1.42. The number of aromatic amines is 1. The van der Waals surface area contributed by atoms with Gasteiger partial charge in [0.15, 0.2) is 0 Å². The van der Waals surface area contributed by atoms with Crippen LogP contribution in [0.3, 0.4) is 0 Å². The van der Waals surface area contributed by atoms with Crippen molar-refractivity contribution in [3.05, 3.63) is 47.7 Å². The second-order valence-electron chi connectivity index (χ2n) is 11.9. The van der Waals surface area contributed by atoms with Crippen LogP contribution in [0.2, 0.25) is 0 Å². The zero-order chi connectivity index (χ0) is 23.7. The number of aromatic nitrogens is 2. The third-order valence-corrected chi connectivity index (χ3v) is 10.2. The molecule has 0 saturated heterocycles. The van der Waals surface area contributed by atoms with E-state index in [9.17, 15) is 10.2 Å². The molecule has 3 fully saturated rings. The maximum Gasteiger partial charge on any atom is 0.0899 e. The maximum atomic E-state index is 12.3. The first-order chi connectivity index (χ1) is 16.4. The Kier molecular flexibility index (Phi) is 5.15. The van der Waals surface area contributed by atoms with Gasteiger partial charge in [-0.3, -0.25) is 5.10 Å². The Morgan fingerprint density at radius 1 is 1.12 bits per heavy atom. The van der Waals surface area contributed by atoms with Gasteiger partial charge in [0, 0.05) is 16.7 Å². The van der Waals surface area contributed by atoms with E-state index in [2.05, 4.69) is 52.8 Å². The number of benzene rings is 1. The number of aliphatic hydroxyl groups is 2. The molecule has 2 aromatic rings. The van der Waals surface area contributed by atoms with Crippen LogP contribution < -0.4 is 5.32 Å². The summed E-state index contributed by atoms with van der Waals surface area (Å²) in [6.07, 6.45) is 14.7. The molecule has 1 aromatic heterocycles. The van der Waals surface area contributed by atoms with Gasteiger partial charge in [0.2, 0.25) is 0 Å². The molecule has 7 atom stereocenters. The molecule has 5 aliphatic rings. The quantitative estimate of drug-likeness (QED) is 0.459. The number of hydrogen-bond donors (Lipinski definition) is 4. The van der Waals surface area contributed by atoms with E-state index in [4.69, 9.17) is 0 Å². The normalized spacial score (nSPS) is 42.1. The van der Waals surface area contributed by atoms with Gasteiger partial charge >= 0.3 is 0 Å². The zero-order valence-corrected chi connectivity index (χ0v) is 20.8. The predicted octanol–water partition coefficient (Wildman–Crippen LogP) is 4.83. The van der Waals surface area contributed by atoms with Gasteiger partial charge in [-0.2, -0.15) is 5.10 Å². The molecular weight excluding hydrogens is 422 g/mol. The molecule has 5 aliphatic carbocycles. The fourth-order valence-electron chi connectivity index (χ4n) is 8.54. The van der Waals surface area contributed by atoms with Crippen LogP contribution in [0.5, 0.6) is 0 Å². The number of rotatable bonds is 1. The summed E-state index contributed by atoms with van der Waals surface area (Å²) in [6.45, 7) is 2.38. The summed E-state index contributed by atoms with van der Waals surface area (Å²) in [7, 11) is 3.75. The highest BCUT2D eigenvalue weighted by Gasteiger charge is 2.68. The van der Waals surface area contributed by atoms with Crippen LogP contribution in [0.25, 0.3) is 16.5 Å². The van der Waals surface area contributed by atoms with E-state index < -0.39 is 5.60 Å². The van der Waals surface area contributed by atoms with Gasteiger partial charge in [-0.05, 0) is 105 Å². The summed E-state index contributed by atoms with van der Waals surface area (Å²) < 4.78 is 0. The molecule has 3 saturated carbocycles. The van der Waals surface area contributed by atoms with E-state index in [0.29, 0.717) is 11.8 Å². The Hall–Kier alpha value is -1.95. The molecule has 1 aromatic carbocycles. The zero-order valence-electron chi connectivity index (χ0n) is 20.8. The molecule has 5 heteroatoms. The molecule has 34 heavy (non-hydrogen) atoms. The van der Waals surface area contributed by atoms with Crippen molar-refractivity contribution in [1.29, 1.82) is 0 Å². The second kappa shape index (κ2) is 7.78. The lowest BCUT2D eigenvalue weighted by atomic mass is 9.58. The molecule has 0 radical (unpaired) electrons. The Labute approximate surface area is 202 Å². The van der Waals surface area contributed by atoms with E-state index in [-0.39, 0.29) is 22.9 Å². The summed E-state index contributed by atoms with van der Waals surface area (Å²) >= 11 is 0. The Morgan fingerprint density at radius 3 is 2.76 bits per heavy atom. The van der Waals surface area contributed by atoms with Crippen molar-refractivity contribution < 1.29 is 10.2 Å². The molecule has 0 amide bonds. The molecule has 5 nitrogen and oxygen atoms in total. The molecular formula is C29H39N3O2. The smallest absolute Gasteiger partial charge is 0.0899 e. The summed E-state index contributed by atoms with van der Waals surface area (Å²) in [4.78, 5) is 0. The van der Waals surface area contributed by atoms with Gasteiger partial charge in [0.05, 0.1) is 23.4 Å². The second-order valence-corrected chi connectivity index (χ2v) is 11.9. The van der Waals surface area contributed by atoms with Gasteiger partial charge in [0.1, 0.15) is 0 Å². The van der Waals surface area contributed by atoms with Crippen LogP contribution >= 0.6 is 0 Å². The number of H-pyrrole nitrogens is 1. The minimum absolute atomic E-state index is 0.0387. The average molecular weight is 462 g/mol. The minimum atomic E-state index is -0.695. The summed E-state index contributed by atoms with van der Waals surface area (Å²) in [6, 6.07) is 6.60. The van der Waals surface area contributed by atoms with Crippen LogP contribution in [0.1, 0.15) is 63.9 Å². The standard InChI is InChI=1S/C27H32N2O2.C2H7N/c1-25-10-9-21-22-14-26(22)13-19(30)5-4-18(26)8-11-27(21,31)24(25)7-6-20(25)16-2-3-17-15-28-29-23(17)12-16;1-3-2/h2-3,6,9,12,15,18-19,22,24,30-31H,4-5,7-8,10-11,13-14H2,1H3,(H,28,29);3H,1-2H3/t18?,19?,22?,24?,25?,26?,27-;/m1./s1. The number of hydrogen-bond acceptors (Lipinski definition) is 4. The minimum Gasteiger partial charge on any atom is -0.393 e. The van der Waals surface area contributed by atoms with Crippen LogP contribution in [-0.2, 0) is 0 Å². The number of aliphatic hydroxyl groups excluding tert-OH is 1. The van der Waals surface area contributed by atoms with Gasteiger partial charge in [-0.1, -0.05) is 31.2 Å². The lowest BCUT2D eigenvalue weighted by molar-refractivity contribution is -0.0389. The number of allylic oxidation sites excluding steroid dienone is 3. The van der Waals surface area contributed by atoms with Gasteiger partial charge in [-0.25, -0.2) is 0 Å². The van der Waals surface area contributed by atoms with Crippen molar-refractivity contribution >= 4 is 16.5 Å². The summed E-state index contributed by atoms with van der Waals surface area (Å²) in [5.41, 5.74) is 4.61. The fraction of sp³-hybridized carbons (Fsp3) is 0.621. The third-order valence-electron chi connectivity index (χ3n) is 10.2. The Bertz CT molecular complexity index is 1170. The lowest BCUT2D eigenvalue weighted by Crippen LogP contribution is -2.49. The van der Waals surface area contributed by atoms with E-state index in [1.165, 1.54) is 23.1 Å². The van der Waals surface area contributed by atoms with Crippen molar-refractivity contribution in [3.63, 3.8) is 0 Å². The first-order valence-electron chi connectivity index (χ1n) is 13.2. The van der Waals surface area contributed by atoms with Crippen molar-refractivity contribution in [3.8, 4) is 0 Å². The van der Waals surface area contributed by atoms with Gasteiger partial charge < -0.3 is 15.5 Å². The number of fused-ring (bicyclic) bond motifs is 5. The van der Waals surface area contributed by atoms with Crippen molar-refractivity contribution in [1.82, 2.24) is 15.5 Å². The third kappa shape index (κ3) is 3.06. The SMILES string of the molecule is CC12CC=C3C4CC45CC(O)CCC5CC[C@]3(O)C1CC=C2c1ccc2cn[nH]c2c1.CNC. The molecule has 0 aliphatic heterocycles. The molecule has 6 unspecified atom stereocenters. The maximum absolute atomic E-state index is 12.3. The number of nitrogens with one attached hydrogen (secondary N) is 2.